The van der Waals surface area contributed by atoms with E-state index < -0.39 is 0 Å². The van der Waals surface area contributed by atoms with Gasteiger partial charge >= 0.3 is 0 Å². The van der Waals surface area contributed by atoms with Gasteiger partial charge in [-0.25, -0.2) is 9.98 Å². The van der Waals surface area contributed by atoms with E-state index in [1.54, 1.807) is 12.1 Å². The summed E-state index contributed by atoms with van der Waals surface area (Å²) in [4.78, 5) is 25.0. The molecule has 6 nitrogen and oxygen atoms in total. The molecule has 8 heteroatoms. The lowest BCUT2D eigenvalue weighted by molar-refractivity contribution is -0.883. The van der Waals surface area contributed by atoms with Crippen LogP contribution in [0.4, 0.5) is 11.5 Å². The van der Waals surface area contributed by atoms with Crippen LogP contribution in [0, 0.1) is 0 Å². The number of amides is 1. The maximum Gasteiger partial charge on any atom is 0.236 e. The molecule has 2 aromatic rings. The second kappa shape index (κ2) is 9.73. The van der Waals surface area contributed by atoms with Crippen molar-refractivity contribution in [1.29, 1.82) is 0 Å². The molecule has 1 fully saturated rings. The summed E-state index contributed by atoms with van der Waals surface area (Å²) in [6.45, 7) is 4.00. The van der Waals surface area contributed by atoms with Gasteiger partial charge in [-0.2, -0.15) is 0 Å². The fourth-order valence-electron chi connectivity index (χ4n) is 2.65. The van der Waals surface area contributed by atoms with Crippen molar-refractivity contribution in [1.82, 2.24) is 9.88 Å². The molecule has 0 spiro atoms. The second-order valence-corrected chi connectivity index (χ2v) is 7.75. The van der Waals surface area contributed by atoms with Crippen LogP contribution in [0.3, 0.4) is 0 Å². The van der Waals surface area contributed by atoms with Crippen LogP contribution in [-0.2, 0) is 4.79 Å². The number of nitrogens with zero attached hydrogens (tertiary/aromatic N) is 3. The molecule has 0 atom stereocenters. The lowest BCUT2D eigenvalue weighted by atomic mass is 10.3. The smallest absolute Gasteiger partial charge is 0.236 e. The molecular formula is C19H23ClN5OS+. The first-order valence-corrected chi connectivity index (χ1v) is 10.2. The minimum Gasteiger partial charge on any atom is -0.340 e. The molecule has 1 saturated heterocycles. The summed E-state index contributed by atoms with van der Waals surface area (Å²) in [6.07, 6.45) is 1.51. The molecule has 2 heterocycles. The number of halogens is 1. The van der Waals surface area contributed by atoms with Crippen LogP contribution in [0.5, 0.6) is 0 Å². The van der Waals surface area contributed by atoms with Crippen molar-refractivity contribution in [3.63, 3.8) is 0 Å². The second-order valence-electron chi connectivity index (χ2n) is 6.37. The Morgan fingerprint density at radius 1 is 1.26 bits per heavy atom. The maximum absolute atomic E-state index is 12.3. The monoisotopic (exact) mass is 404 g/mol. The van der Waals surface area contributed by atoms with Crippen LogP contribution in [0.25, 0.3) is 0 Å². The number of para-hydroxylation sites is 1. The van der Waals surface area contributed by atoms with E-state index in [1.165, 1.54) is 22.9 Å². The fraction of sp³-hybridized carbons (Fsp3) is 0.316. The number of benzene rings is 1. The minimum absolute atomic E-state index is 0.115. The molecule has 1 aliphatic rings. The first-order valence-electron chi connectivity index (χ1n) is 8.84. The molecular weight excluding hydrogens is 382 g/mol. The highest BCUT2D eigenvalue weighted by Gasteiger charge is 2.21. The van der Waals surface area contributed by atoms with Gasteiger partial charge in [0.2, 0.25) is 5.91 Å². The van der Waals surface area contributed by atoms with E-state index in [9.17, 15) is 4.79 Å². The van der Waals surface area contributed by atoms with Crippen LogP contribution in [0.1, 0.15) is 0 Å². The van der Waals surface area contributed by atoms with E-state index in [4.69, 9.17) is 16.6 Å². The first-order chi connectivity index (χ1) is 13.1. The van der Waals surface area contributed by atoms with Crippen molar-refractivity contribution >= 4 is 45.9 Å². The largest absolute Gasteiger partial charge is 0.340 e. The predicted octanol–water partition coefficient (Wildman–Crippen LogP) is 1.92. The number of piperazine rings is 1. The number of hydrogen-bond donors (Lipinski definition) is 2. The zero-order valence-electron chi connectivity index (χ0n) is 15.2. The molecule has 1 amide bonds. The molecule has 0 saturated carbocycles. The van der Waals surface area contributed by atoms with Crippen LogP contribution in [0.15, 0.2) is 53.7 Å². The van der Waals surface area contributed by atoms with Crippen LogP contribution in [0.2, 0.25) is 5.02 Å². The fourth-order valence-corrected chi connectivity index (χ4v) is 3.63. The Labute approximate surface area is 168 Å². The van der Waals surface area contributed by atoms with E-state index in [1.807, 2.05) is 30.3 Å². The normalized spacial score (nSPS) is 15.6. The Hall–Kier alpha value is -2.09. The predicted molar refractivity (Wildman–Crippen MR) is 112 cm³/mol. The molecule has 3 rings (SSSR count). The molecule has 0 unspecified atom stereocenters. The van der Waals surface area contributed by atoms with Crippen LogP contribution < -0.4 is 10.2 Å². The minimum atomic E-state index is -0.115. The number of hydrogen-bond acceptors (Lipinski definition) is 4. The van der Waals surface area contributed by atoms with E-state index in [-0.39, 0.29) is 11.7 Å². The number of likely N-dealkylation sites (N-methyl/N-ethyl adjacent to an activating group) is 1. The van der Waals surface area contributed by atoms with E-state index in [0.29, 0.717) is 10.8 Å². The number of amidine groups is 1. The first kappa shape index (κ1) is 19.7. The lowest BCUT2D eigenvalue weighted by Crippen LogP contribution is -3.12. The molecule has 0 aliphatic carbocycles. The summed E-state index contributed by atoms with van der Waals surface area (Å²) in [5.74, 6) is 0.653. The average Bonchev–Trinajstić information content (AvgIpc) is 2.68. The number of anilines is 1. The Morgan fingerprint density at radius 3 is 2.67 bits per heavy atom. The van der Waals surface area contributed by atoms with Crippen molar-refractivity contribution in [3.05, 3.63) is 53.7 Å². The number of carbonyl (C=O) groups excluding carboxylic acids is 1. The molecule has 27 heavy (non-hydrogen) atoms. The highest BCUT2D eigenvalue weighted by molar-refractivity contribution is 8.14. The number of rotatable bonds is 4. The number of quaternary nitrogens is 1. The molecule has 2 N–H and O–H groups in total. The Morgan fingerprint density at radius 2 is 2.00 bits per heavy atom. The van der Waals surface area contributed by atoms with Gasteiger partial charge in [-0.15, -0.1) is 0 Å². The van der Waals surface area contributed by atoms with Gasteiger partial charge in [0, 0.05) is 6.20 Å². The van der Waals surface area contributed by atoms with Gasteiger partial charge in [0.1, 0.15) is 5.82 Å². The van der Waals surface area contributed by atoms with Crippen molar-refractivity contribution in [2.24, 2.45) is 4.99 Å². The molecule has 0 radical (unpaired) electrons. The highest BCUT2D eigenvalue weighted by atomic mass is 35.5. The van der Waals surface area contributed by atoms with Crippen molar-refractivity contribution < 1.29 is 9.69 Å². The summed E-state index contributed by atoms with van der Waals surface area (Å²) in [5.41, 5.74) is 0.894. The third-order valence-electron chi connectivity index (χ3n) is 4.20. The molecule has 1 aliphatic heterocycles. The number of carbonyl (C=O) groups is 1. The topological polar surface area (TPSA) is 62.0 Å². The molecule has 0 bridgehead atoms. The Balaban J connectivity index is 1.64. The number of pyridine rings is 1. The number of aromatic nitrogens is 1. The van der Waals surface area contributed by atoms with Crippen molar-refractivity contribution in [2.75, 3.05) is 44.3 Å². The summed E-state index contributed by atoms with van der Waals surface area (Å²) in [6, 6.07) is 13.2. The third kappa shape index (κ3) is 6.23. The zero-order valence-corrected chi connectivity index (χ0v) is 16.8. The maximum atomic E-state index is 12.3. The summed E-state index contributed by atoms with van der Waals surface area (Å²) in [5, 5.41) is 4.21. The van der Waals surface area contributed by atoms with E-state index in [2.05, 4.69) is 22.2 Å². The Bertz CT molecular complexity index is 776. The summed E-state index contributed by atoms with van der Waals surface area (Å²) >= 11 is 7.28. The van der Waals surface area contributed by atoms with Gasteiger partial charge in [0.15, 0.2) is 5.17 Å². The standard InChI is InChI=1S/C19H22ClN5OS/c1-24-9-11-25(12-10-24)19(22-16-5-3-2-4-6-16)27-14-18(26)23-17-8-7-15(20)13-21-17/h2-8,13H,9-12,14H2,1H3,(H,21,23,26)/p+1. The molecule has 1 aromatic carbocycles. The number of nitrogens with one attached hydrogen (secondary N) is 2. The number of aliphatic imine (C=N–C) groups is 1. The van der Waals surface area contributed by atoms with Gasteiger partial charge in [-0.05, 0) is 24.3 Å². The SMILES string of the molecule is C[NH+]1CCN(C(=Nc2ccccc2)SCC(=O)Nc2ccc(Cl)cn2)CC1. The summed E-state index contributed by atoms with van der Waals surface area (Å²) < 4.78 is 0. The van der Waals surface area contributed by atoms with E-state index in [0.717, 1.165) is 37.0 Å². The third-order valence-corrected chi connectivity index (χ3v) is 5.43. The van der Waals surface area contributed by atoms with Crippen LogP contribution in [-0.4, -0.2) is 59.9 Å². The van der Waals surface area contributed by atoms with Gasteiger partial charge in [-0.3, -0.25) is 4.79 Å². The average molecular weight is 405 g/mol. The van der Waals surface area contributed by atoms with Gasteiger partial charge < -0.3 is 15.1 Å². The quantitative estimate of drug-likeness (QED) is 0.603. The molecule has 142 valence electrons. The van der Waals surface area contributed by atoms with Gasteiger partial charge in [0.25, 0.3) is 0 Å². The Kier molecular flexibility index (Phi) is 7.09. The number of thioether (sulfide) groups is 1. The summed E-state index contributed by atoms with van der Waals surface area (Å²) in [7, 11) is 2.20. The van der Waals surface area contributed by atoms with Crippen LogP contribution >= 0.6 is 23.4 Å². The van der Waals surface area contributed by atoms with Crippen molar-refractivity contribution in [2.45, 2.75) is 0 Å². The zero-order chi connectivity index (χ0) is 19.1. The highest BCUT2D eigenvalue weighted by Crippen LogP contribution is 2.18. The molecule has 1 aromatic heterocycles. The van der Waals surface area contributed by atoms with E-state index >= 15 is 0 Å². The van der Waals surface area contributed by atoms with Gasteiger partial charge in [-0.1, -0.05) is 41.6 Å². The van der Waals surface area contributed by atoms with Crippen molar-refractivity contribution in [3.8, 4) is 0 Å². The van der Waals surface area contributed by atoms with Gasteiger partial charge in [0.05, 0.1) is 49.7 Å². The lowest BCUT2D eigenvalue weighted by Gasteiger charge is -2.32.